The molecule has 1 aromatic carbocycles. The van der Waals surface area contributed by atoms with Crippen molar-refractivity contribution < 1.29 is 14.3 Å². The van der Waals surface area contributed by atoms with E-state index in [0.717, 1.165) is 63.6 Å². The van der Waals surface area contributed by atoms with Crippen molar-refractivity contribution in [3.8, 4) is 0 Å². The van der Waals surface area contributed by atoms with Crippen molar-refractivity contribution in [3.63, 3.8) is 0 Å². The average molecular weight is 403 g/mol. The summed E-state index contributed by atoms with van der Waals surface area (Å²) < 4.78 is 5.38. The predicted octanol–water partition coefficient (Wildman–Crippen LogP) is 2.04. The molecular weight excluding hydrogens is 368 g/mol. The lowest BCUT2D eigenvalue weighted by Gasteiger charge is -2.34. The number of anilines is 2. The van der Waals surface area contributed by atoms with Crippen LogP contribution in [0.3, 0.4) is 0 Å². The van der Waals surface area contributed by atoms with Crippen LogP contribution in [-0.4, -0.2) is 80.6 Å². The second-order valence-electron chi connectivity index (χ2n) is 8.29. The van der Waals surface area contributed by atoms with Crippen LogP contribution in [0.1, 0.15) is 26.7 Å². The molecule has 7 heteroatoms. The van der Waals surface area contributed by atoms with Crippen molar-refractivity contribution in [1.29, 1.82) is 0 Å². The summed E-state index contributed by atoms with van der Waals surface area (Å²) in [5.41, 5.74) is 1.91. The number of likely N-dealkylation sites (tertiary alicyclic amines) is 1. The minimum atomic E-state index is -0.308. The molecule has 160 valence electrons. The first-order valence-electron chi connectivity index (χ1n) is 10.7. The van der Waals surface area contributed by atoms with Gasteiger partial charge in [0.1, 0.15) is 0 Å². The quantitative estimate of drug-likeness (QED) is 0.789. The third kappa shape index (κ3) is 5.93. The van der Waals surface area contributed by atoms with Crippen molar-refractivity contribution in [3.05, 3.63) is 24.3 Å². The molecule has 7 nitrogen and oxygen atoms in total. The first-order valence-corrected chi connectivity index (χ1v) is 10.7. The van der Waals surface area contributed by atoms with Gasteiger partial charge < -0.3 is 19.9 Å². The molecule has 2 fully saturated rings. The summed E-state index contributed by atoms with van der Waals surface area (Å²) in [6, 6.07) is 7.58. The SMILES string of the molecule is CC1CCN(C(=O)C(C)N(C)CC(=O)Nc2ccc(N3CCOCC3)cc2)CC1. The van der Waals surface area contributed by atoms with E-state index in [9.17, 15) is 9.59 Å². The van der Waals surface area contributed by atoms with Gasteiger partial charge in [0.05, 0.1) is 25.8 Å². The molecular formula is C22H34N4O3. The van der Waals surface area contributed by atoms with E-state index < -0.39 is 0 Å². The van der Waals surface area contributed by atoms with Crippen molar-refractivity contribution in [2.45, 2.75) is 32.7 Å². The Hall–Kier alpha value is -2.12. The Morgan fingerprint density at radius 1 is 1.14 bits per heavy atom. The number of benzene rings is 1. The van der Waals surface area contributed by atoms with E-state index in [4.69, 9.17) is 4.74 Å². The van der Waals surface area contributed by atoms with Gasteiger partial charge in [-0.1, -0.05) is 6.92 Å². The first kappa shape index (κ1) is 21.6. The fourth-order valence-electron chi connectivity index (χ4n) is 3.82. The molecule has 0 saturated carbocycles. The maximum absolute atomic E-state index is 12.7. The van der Waals surface area contributed by atoms with Crippen LogP contribution < -0.4 is 10.2 Å². The molecule has 3 rings (SSSR count). The Morgan fingerprint density at radius 3 is 2.38 bits per heavy atom. The number of hydrogen-bond acceptors (Lipinski definition) is 5. The van der Waals surface area contributed by atoms with Crippen LogP contribution in [0.25, 0.3) is 0 Å². The summed E-state index contributed by atoms with van der Waals surface area (Å²) in [5.74, 6) is 0.688. The number of nitrogens with one attached hydrogen (secondary N) is 1. The standard InChI is InChI=1S/C22H34N4O3/c1-17-8-10-26(11-9-17)22(28)18(2)24(3)16-21(27)23-19-4-6-20(7-5-19)25-12-14-29-15-13-25/h4-7,17-18H,8-16H2,1-3H3,(H,23,27). The highest BCUT2D eigenvalue weighted by molar-refractivity contribution is 5.93. The zero-order chi connectivity index (χ0) is 20.8. The Morgan fingerprint density at radius 2 is 1.76 bits per heavy atom. The highest BCUT2D eigenvalue weighted by Gasteiger charge is 2.27. The second kappa shape index (κ2) is 10.1. The van der Waals surface area contributed by atoms with Crippen molar-refractivity contribution in [2.24, 2.45) is 5.92 Å². The van der Waals surface area contributed by atoms with Gasteiger partial charge in [0.25, 0.3) is 0 Å². The van der Waals surface area contributed by atoms with E-state index in [1.807, 2.05) is 48.0 Å². The lowest BCUT2D eigenvalue weighted by atomic mass is 9.99. The summed E-state index contributed by atoms with van der Waals surface area (Å²) in [5, 5.41) is 2.93. The molecule has 0 spiro atoms. The van der Waals surface area contributed by atoms with Crippen LogP contribution in [0.2, 0.25) is 0 Å². The molecule has 1 aromatic rings. The van der Waals surface area contributed by atoms with E-state index in [1.54, 1.807) is 0 Å². The van der Waals surface area contributed by atoms with Gasteiger partial charge in [0.15, 0.2) is 0 Å². The minimum absolute atomic E-state index is 0.112. The number of nitrogens with zero attached hydrogens (tertiary/aromatic N) is 3. The molecule has 29 heavy (non-hydrogen) atoms. The van der Waals surface area contributed by atoms with Crippen LogP contribution in [0.4, 0.5) is 11.4 Å². The molecule has 1 N–H and O–H groups in total. The number of carbonyl (C=O) groups excluding carboxylic acids is 2. The molecule has 0 aliphatic carbocycles. The zero-order valence-electron chi connectivity index (χ0n) is 17.9. The number of carbonyl (C=O) groups is 2. The van der Waals surface area contributed by atoms with Crippen molar-refractivity contribution in [2.75, 3.05) is 63.2 Å². The van der Waals surface area contributed by atoms with Gasteiger partial charge in [-0.3, -0.25) is 14.5 Å². The van der Waals surface area contributed by atoms with Gasteiger partial charge >= 0.3 is 0 Å². The maximum Gasteiger partial charge on any atom is 0.239 e. The van der Waals surface area contributed by atoms with E-state index >= 15 is 0 Å². The smallest absolute Gasteiger partial charge is 0.239 e. The van der Waals surface area contributed by atoms with E-state index in [-0.39, 0.29) is 24.4 Å². The van der Waals surface area contributed by atoms with Crippen LogP contribution in [0, 0.1) is 5.92 Å². The molecule has 2 amide bonds. The van der Waals surface area contributed by atoms with Gasteiger partial charge in [-0.05, 0) is 57.0 Å². The second-order valence-corrected chi connectivity index (χ2v) is 8.29. The number of rotatable bonds is 6. The lowest BCUT2D eigenvalue weighted by Crippen LogP contribution is -2.49. The van der Waals surface area contributed by atoms with Crippen molar-refractivity contribution >= 4 is 23.2 Å². The normalized spacial score (nSPS) is 19.3. The Balaban J connectivity index is 1.47. The summed E-state index contributed by atoms with van der Waals surface area (Å²) in [7, 11) is 1.83. The molecule has 0 aromatic heterocycles. The van der Waals surface area contributed by atoms with E-state index in [2.05, 4.69) is 17.1 Å². The number of ether oxygens (including phenoxy) is 1. The molecule has 2 heterocycles. The average Bonchev–Trinajstić information content (AvgIpc) is 2.74. The predicted molar refractivity (Wildman–Crippen MR) is 115 cm³/mol. The minimum Gasteiger partial charge on any atom is -0.378 e. The molecule has 2 aliphatic heterocycles. The van der Waals surface area contributed by atoms with Gasteiger partial charge in [-0.25, -0.2) is 0 Å². The number of likely N-dealkylation sites (N-methyl/N-ethyl adjacent to an activating group) is 1. The fraction of sp³-hybridized carbons (Fsp3) is 0.636. The number of morpholine rings is 1. The van der Waals surface area contributed by atoms with Crippen LogP contribution in [-0.2, 0) is 14.3 Å². The topological polar surface area (TPSA) is 65.1 Å². The van der Waals surface area contributed by atoms with Gasteiger partial charge in [0, 0.05) is 37.6 Å². The Labute approximate surface area is 174 Å². The van der Waals surface area contributed by atoms with Crippen molar-refractivity contribution in [1.82, 2.24) is 9.80 Å². The summed E-state index contributed by atoms with van der Waals surface area (Å²) in [4.78, 5) is 31.2. The van der Waals surface area contributed by atoms with Gasteiger partial charge in [0.2, 0.25) is 11.8 Å². The largest absolute Gasteiger partial charge is 0.378 e. The monoisotopic (exact) mass is 402 g/mol. The molecule has 1 atom stereocenters. The molecule has 0 bridgehead atoms. The van der Waals surface area contributed by atoms with E-state index in [0.29, 0.717) is 5.92 Å². The Kier molecular flexibility index (Phi) is 7.50. The summed E-state index contributed by atoms with van der Waals surface area (Å²) >= 11 is 0. The summed E-state index contributed by atoms with van der Waals surface area (Å²) in [6.45, 7) is 9.20. The molecule has 2 saturated heterocycles. The van der Waals surface area contributed by atoms with Gasteiger partial charge in [-0.2, -0.15) is 0 Å². The van der Waals surface area contributed by atoms with Gasteiger partial charge in [-0.15, -0.1) is 0 Å². The first-order chi connectivity index (χ1) is 13.9. The van der Waals surface area contributed by atoms with Crippen LogP contribution in [0.15, 0.2) is 24.3 Å². The maximum atomic E-state index is 12.7. The highest BCUT2D eigenvalue weighted by Crippen LogP contribution is 2.20. The lowest BCUT2D eigenvalue weighted by molar-refractivity contribution is -0.137. The number of piperidine rings is 1. The molecule has 0 radical (unpaired) electrons. The van der Waals surface area contributed by atoms with Crippen LogP contribution in [0.5, 0.6) is 0 Å². The molecule has 1 unspecified atom stereocenters. The van der Waals surface area contributed by atoms with Crippen LogP contribution >= 0.6 is 0 Å². The zero-order valence-corrected chi connectivity index (χ0v) is 17.9. The molecule has 2 aliphatic rings. The number of hydrogen-bond donors (Lipinski definition) is 1. The fourth-order valence-corrected chi connectivity index (χ4v) is 3.82. The van der Waals surface area contributed by atoms with E-state index in [1.165, 1.54) is 0 Å². The highest BCUT2D eigenvalue weighted by atomic mass is 16.5. The Bertz CT molecular complexity index is 680. The number of amides is 2. The third-order valence-electron chi connectivity index (χ3n) is 6.03. The third-order valence-corrected chi connectivity index (χ3v) is 6.03. The summed E-state index contributed by atoms with van der Waals surface area (Å²) in [6.07, 6.45) is 2.12.